The monoisotopic (exact) mass is 339 g/mol. The predicted octanol–water partition coefficient (Wildman–Crippen LogP) is 4.70. The first kappa shape index (κ1) is 18.1. The normalized spacial score (nSPS) is 13.2. The predicted molar refractivity (Wildman–Crippen MR) is 55.8 cm³/mol. The molecule has 2 nitrogen and oxygen atoms in total. The Bertz CT molecular complexity index is 548. The molecule has 0 fully saturated rings. The first-order chi connectivity index (χ1) is 9.64. The number of alkyl halides is 9. The van der Waals surface area contributed by atoms with E-state index in [2.05, 4.69) is 0 Å². The Morgan fingerprint density at radius 3 is 1.41 bits per heavy atom. The minimum absolute atomic E-state index is 0.486. The quantitative estimate of drug-likeness (QED) is 0.738. The summed E-state index contributed by atoms with van der Waals surface area (Å²) in [7, 11) is 0. The van der Waals surface area contributed by atoms with Crippen molar-refractivity contribution in [3.63, 3.8) is 0 Å². The molecule has 1 aromatic rings. The first-order valence-electron chi connectivity index (χ1n) is 5.31. The lowest BCUT2D eigenvalue weighted by atomic mass is 10.0. The Kier molecular flexibility index (Phi) is 4.41. The van der Waals surface area contributed by atoms with Gasteiger partial charge in [-0.2, -0.15) is 39.5 Å². The van der Waals surface area contributed by atoms with Crippen molar-refractivity contribution in [2.45, 2.75) is 25.5 Å². The van der Waals surface area contributed by atoms with E-state index >= 15 is 0 Å². The maximum atomic E-state index is 12.7. The van der Waals surface area contributed by atoms with Gasteiger partial charge in [-0.05, 0) is 12.1 Å². The number of hydrogen-bond acceptors (Lipinski definition) is 1. The average molecular weight is 339 g/mol. The summed E-state index contributed by atoms with van der Waals surface area (Å²) >= 11 is 0. The highest BCUT2D eigenvalue weighted by molar-refractivity contribution is 5.91. The second-order valence-electron chi connectivity index (χ2n) is 4.12. The van der Waals surface area contributed by atoms with E-state index < -0.39 is 58.9 Å². The van der Waals surface area contributed by atoms with Gasteiger partial charge in [0.2, 0.25) is 5.91 Å². The standard InChI is InChI=1S/C11H6F9NO/c1-4(22)21-8-6(10(15,16)17)2-5(9(12,13)14)3-7(8)11(18,19)20/h2-3H,1H3,(H,21,22). The van der Waals surface area contributed by atoms with Crippen LogP contribution in [0.5, 0.6) is 0 Å². The third-order valence-corrected chi connectivity index (χ3v) is 2.38. The van der Waals surface area contributed by atoms with Crippen LogP contribution < -0.4 is 5.32 Å². The number of halogens is 9. The second-order valence-corrected chi connectivity index (χ2v) is 4.12. The van der Waals surface area contributed by atoms with Crippen molar-refractivity contribution in [3.05, 3.63) is 28.8 Å². The summed E-state index contributed by atoms with van der Waals surface area (Å²) in [5, 5.41) is 1.29. The lowest BCUT2D eigenvalue weighted by Gasteiger charge is -2.21. The molecule has 1 rings (SSSR count). The number of anilines is 1. The number of nitrogens with one attached hydrogen (secondary N) is 1. The van der Waals surface area contributed by atoms with Gasteiger partial charge in [-0.25, -0.2) is 0 Å². The lowest BCUT2D eigenvalue weighted by molar-refractivity contribution is -0.147. The van der Waals surface area contributed by atoms with Gasteiger partial charge in [-0.1, -0.05) is 0 Å². The molecule has 0 saturated heterocycles. The fourth-order valence-electron chi connectivity index (χ4n) is 1.56. The Morgan fingerprint density at radius 2 is 1.18 bits per heavy atom. The molecule has 0 aliphatic rings. The van der Waals surface area contributed by atoms with E-state index in [0.717, 1.165) is 0 Å². The zero-order valence-electron chi connectivity index (χ0n) is 10.5. The van der Waals surface area contributed by atoms with Gasteiger partial charge in [0.05, 0.1) is 22.4 Å². The minimum Gasteiger partial charge on any atom is -0.325 e. The number of amides is 1. The van der Waals surface area contributed by atoms with Crippen molar-refractivity contribution in [2.75, 3.05) is 5.32 Å². The molecule has 124 valence electrons. The highest BCUT2D eigenvalue weighted by Crippen LogP contribution is 2.46. The smallest absolute Gasteiger partial charge is 0.325 e. The van der Waals surface area contributed by atoms with Crippen molar-refractivity contribution in [1.29, 1.82) is 0 Å². The minimum atomic E-state index is -5.53. The maximum Gasteiger partial charge on any atom is 0.418 e. The molecule has 0 aliphatic carbocycles. The summed E-state index contributed by atoms with van der Waals surface area (Å²) in [6.45, 7) is 0.623. The van der Waals surface area contributed by atoms with E-state index in [1.54, 1.807) is 0 Å². The van der Waals surface area contributed by atoms with Crippen LogP contribution in [0.1, 0.15) is 23.6 Å². The molecule has 0 radical (unpaired) electrons. The zero-order valence-corrected chi connectivity index (χ0v) is 10.5. The molecule has 1 amide bonds. The molecule has 22 heavy (non-hydrogen) atoms. The second kappa shape index (κ2) is 5.36. The molecule has 11 heteroatoms. The molecular weight excluding hydrogens is 333 g/mol. The molecule has 0 saturated carbocycles. The van der Waals surface area contributed by atoms with Crippen molar-refractivity contribution in [3.8, 4) is 0 Å². The number of hydrogen-bond donors (Lipinski definition) is 1. The number of rotatable bonds is 1. The fourth-order valence-corrected chi connectivity index (χ4v) is 1.56. The van der Waals surface area contributed by atoms with E-state index in [-0.39, 0.29) is 0 Å². The van der Waals surface area contributed by atoms with Crippen molar-refractivity contribution in [2.24, 2.45) is 0 Å². The van der Waals surface area contributed by atoms with Gasteiger partial charge >= 0.3 is 18.5 Å². The highest BCUT2D eigenvalue weighted by Gasteiger charge is 2.45. The van der Waals surface area contributed by atoms with E-state index in [4.69, 9.17) is 0 Å². The van der Waals surface area contributed by atoms with E-state index in [1.807, 2.05) is 0 Å². The summed E-state index contributed by atoms with van der Waals surface area (Å²) in [6.07, 6.45) is -16.5. The van der Waals surface area contributed by atoms with Gasteiger partial charge in [0.25, 0.3) is 0 Å². The summed E-state index contributed by atoms with van der Waals surface area (Å²) in [4.78, 5) is 10.8. The molecular formula is C11H6F9NO. The van der Waals surface area contributed by atoms with Crippen LogP contribution >= 0.6 is 0 Å². The average Bonchev–Trinajstić information content (AvgIpc) is 2.23. The Hall–Kier alpha value is -1.94. The summed E-state index contributed by atoms with van der Waals surface area (Å²) < 4.78 is 114. The zero-order chi connectivity index (χ0) is 17.5. The molecule has 0 aliphatic heterocycles. The van der Waals surface area contributed by atoms with Gasteiger partial charge < -0.3 is 5.32 Å². The topological polar surface area (TPSA) is 29.1 Å². The van der Waals surface area contributed by atoms with Crippen LogP contribution in [-0.4, -0.2) is 5.91 Å². The van der Waals surface area contributed by atoms with Crippen molar-refractivity contribution >= 4 is 11.6 Å². The van der Waals surface area contributed by atoms with Crippen LogP contribution in [0.4, 0.5) is 45.2 Å². The Morgan fingerprint density at radius 1 is 0.818 bits per heavy atom. The van der Waals surface area contributed by atoms with Crippen LogP contribution in [0.3, 0.4) is 0 Å². The van der Waals surface area contributed by atoms with Crippen LogP contribution in [0, 0.1) is 0 Å². The fraction of sp³-hybridized carbons (Fsp3) is 0.364. The van der Waals surface area contributed by atoms with Crippen LogP contribution in [-0.2, 0) is 23.3 Å². The first-order valence-corrected chi connectivity index (χ1v) is 5.31. The van der Waals surface area contributed by atoms with E-state index in [9.17, 15) is 44.3 Å². The van der Waals surface area contributed by atoms with Crippen LogP contribution in [0.15, 0.2) is 12.1 Å². The third kappa shape index (κ3) is 4.04. The molecule has 0 unspecified atom stereocenters. The number of carbonyl (C=O) groups is 1. The third-order valence-electron chi connectivity index (χ3n) is 2.38. The molecule has 0 atom stereocenters. The highest BCUT2D eigenvalue weighted by atomic mass is 19.4. The molecule has 1 N–H and O–H groups in total. The van der Waals surface area contributed by atoms with Crippen LogP contribution in [0.25, 0.3) is 0 Å². The Labute approximate surface area is 116 Å². The van der Waals surface area contributed by atoms with Gasteiger partial charge in [0.15, 0.2) is 0 Å². The van der Waals surface area contributed by atoms with Gasteiger partial charge in [0.1, 0.15) is 0 Å². The molecule has 1 aromatic carbocycles. The summed E-state index contributed by atoms with van der Waals surface area (Å²) in [5.41, 5.74) is -8.35. The molecule has 0 bridgehead atoms. The van der Waals surface area contributed by atoms with Crippen molar-refractivity contribution < 1.29 is 44.3 Å². The summed E-state index contributed by atoms with van der Waals surface area (Å²) in [6, 6.07) is -0.971. The SMILES string of the molecule is CC(=O)Nc1c(C(F)(F)F)cc(C(F)(F)F)cc1C(F)(F)F. The largest absolute Gasteiger partial charge is 0.418 e. The lowest BCUT2D eigenvalue weighted by Crippen LogP contribution is -2.21. The van der Waals surface area contributed by atoms with Crippen molar-refractivity contribution in [1.82, 2.24) is 0 Å². The number of carbonyl (C=O) groups excluding carboxylic acids is 1. The molecule has 0 spiro atoms. The van der Waals surface area contributed by atoms with E-state index in [0.29, 0.717) is 6.92 Å². The van der Waals surface area contributed by atoms with Gasteiger partial charge in [-0.3, -0.25) is 4.79 Å². The van der Waals surface area contributed by atoms with Crippen LogP contribution in [0.2, 0.25) is 0 Å². The summed E-state index contributed by atoms with van der Waals surface area (Å²) in [5.74, 6) is -1.30. The molecule has 0 heterocycles. The van der Waals surface area contributed by atoms with Gasteiger partial charge in [-0.15, -0.1) is 0 Å². The van der Waals surface area contributed by atoms with E-state index in [1.165, 1.54) is 5.32 Å². The maximum absolute atomic E-state index is 12.7. The molecule has 0 aromatic heterocycles. The Balaban J connectivity index is 3.81. The number of benzene rings is 1. The van der Waals surface area contributed by atoms with Gasteiger partial charge in [0, 0.05) is 6.92 Å².